The lowest BCUT2D eigenvalue weighted by atomic mass is 10.1. The van der Waals surface area contributed by atoms with Crippen LogP contribution in [0.25, 0.3) is 0 Å². The Labute approximate surface area is 105 Å². The summed E-state index contributed by atoms with van der Waals surface area (Å²) >= 11 is 0. The highest BCUT2D eigenvalue weighted by atomic mass is 16.8. The van der Waals surface area contributed by atoms with Gasteiger partial charge in [0.1, 0.15) is 18.8 Å². The van der Waals surface area contributed by atoms with Gasteiger partial charge in [-0.1, -0.05) is 6.08 Å². The fraction of sp³-hybridized carbons (Fsp3) is 0.750. The molecule has 0 aromatic carbocycles. The van der Waals surface area contributed by atoms with E-state index in [-0.39, 0.29) is 6.61 Å². The number of aliphatic hydroxyl groups is 1. The fourth-order valence-corrected chi connectivity index (χ4v) is 2.19. The van der Waals surface area contributed by atoms with Crippen molar-refractivity contribution in [2.75, 3.05) is 13.2 Å². The zero-order valence-electron chi connectivity index (χ0n) is 10.5. The van der Waals surface area contributed by atoms with Crippen molar-refractivity contribution in [2.24, 2.45) is 0 Å². The van der Waals surface area contributed by atoms with Gasteiger partial charge in [0, 0.05) is 0 Å². The van der Waals surface area contributed by atoms with Crippen molar-refractivity contribution in [3.63, 3.8) is 0 Å². The van der Waals surface area contributed by atoms with Gasteiger partial charge in [-0.05, 0) is 13.8 Å². The van der Waals surface area contributed by atoms with Crippen molar-refractivity contribution >= 4 is 5.78 Å². The standard InChI is InChI=1S/C12H18O6/c1-4-5-15-9-8(7(14)6-13)16-11-10(9)17-12(2,3)18-11/h4,8-11,13H,1,5-6H2,2-3H3/t8-,9-,10-,11-/m1/s1. The van der Waals surface area contributed by atoms with Crippen LogP contribution in [0.1, 0.15) is 13.8 Å². The Balaban J connectivity index is 2.12. The second-order valence-electron chi connectivity index (χ2n) is 4.74. The number of carbonyl (C=O) groups excluding carboxylic acids is 1. The van der Waals surface area contributed by atoms with E-state index in [0.717, 1.165) is 0 Å². The van der Waals surface area contributed by atoms with E-state index < -0.39 is 42.8 Å². The molecule has 0 bridgehead atoms. The van der Waals surface area contributed by atoms with Gasteiger partial charge in [-0.3, -0.25) is 4.79 Å². The van der Waals surface area contributed by atoms with Gasteiger partial charge in [0.05, 0.1) is 6.61 Å². The van der Waals surface area contributed by atoms with Crippen molar-refractivity contribution in [2.45, 2.75) is 44.2 Å². The molecule has 0 spiro atoms. The molecule has 2 saturated heterocycles. The number of rotatable bonds is 5. The number of ketones is 1. The Morgan fingerprint density at radius 3 is 2.83 bits per heavy atom. The average Bonchev–Trinajstić information content (AvgIpc) is 2.77. The molecule has 102 valence electrons. The van der Waals surface area contributed by atoms with Crippen LogP contribution in [0.5, 0.6) is 0 Å². The van der Waals surface area contributed by atoms with E-state index in [1.165, 1.54) is 0 Å². The second kappa shape index (κ2) is 5.07. The highest BCUT2D eigenvalue weighted by Gasteiger charge is 2.57. The van der Waals surface area contributed by atoms with E-state index in [9.17, 15) is 4.79 Å². The summed E-state index contributed by atoms with van der Waals surface area (Å²) in [5.41, 5.74) is 0. The molecule has 2 fully saturated rings. The molecule has 0 aromatic heterocycles. The third kappa shape index (κ3) is 2.48. The normalized spacial score (nSPS) is 37.5. The number of aliphatic hydroxyl groups excluding tert-OH is 1. The monoisotopic (exact) mass is 258 g/mol. The molecule has 0 amide bonds. The molecule has 18 heavy (non-hydrogen) atoms. The smallest absolute Gasteiger partial charge is 0.190 e. The van der Waals surface area contributed by atoms with Gasteiger partial charge < -0.3 is 24.1 Å². The maximum Gasteiger partial charge on any atom is 0.190 e. The average molecular weight is 258 g/mol. The Bertz CT molecular complexity index is 339. The number of ether oxygens (including phenoxy) is 4. The van der Waals surface area contributed by atoms with Crippen molar-refractivity contribution in [3.05, 3.63) is 12.7 Å². The summed E-state index contributed by atoms with van der Waals surface area (Å²) in [5.74, 6) is -1.21. The summed E-state index contributed by atoms with van der Waals surface area (Å²) < 4.78 is 22.2. The topological polar surface area (TPSA) is 74.2 Å². The molecule has 2 aliphatic rings. The molecule has 6 heteroatoms. The van der Waals surface area contributed by atoms with Gasteiger partial charge in [-0.25, -0.2) is 0 Å². The molecule has 0 aromatic rings. The molecule has 0 radical (unpaired) electrons. The molecule has 4 atom stereocenters. The molecule has 0 saturated carbocycles. The van der Waals surface area contributed by atoms with Crippen LogP contribution in [0.3, 0.4) is 0 Å². The third-order valence-corrected chi connectivity index (χ3v) is 2.87. The molecular weight excluding hydrogens is 240 g/mol. The van der Waals surface area contributed by atoms with Crippen LogP contribution in [-0.2, 0) is 23.7 Å². The summed E-state index contributed by atoms with van der Waals surface area (Å²) in [5, 5.41) is 8.92. The first-order chi connectivity index (χ1) is 8.48. The largest absolute Gasteiger partial charge is 0.388 e. The molecule has 0 unspecified atom stereocenters. The summed E-state index contributed by atoms with van der Waals surface area (Å²) in [7, 11) is 0. The summed E-state index contributed by atoms with van der Waals surface area (Å²) in [4.78, 5) is 11.6. The maximum atomic E-state index is 11.6. The van der Waals surface area contributed by atoms with E-state index >= 15 is 0 Å². The molecule has 2 rings (SSSR count). The predicted octanol–water partition coefficient (Wildman–Crippen LogP) is -0.00460. The first-order valence-electron chi connectivity index (χ1n) is 5.85. The quantitative estimate of drug-likeness (QED) is 0.699. The molecule has 0 aliphatic carbocycles. The second-order valence-corrected chi connectivity index (χ2v) is 4.74. The van der Waals surface area contributed by atoms with E-state index in [1.807, 2.05) is 0 Å². The Kier molecular flexibility index (Phi) is 3.84. The fourth-order valence-electron chi connectivity index (χ4n) is 2.19. The third-order valence-electron chi connectivity index (χ3n) is 2.87. The zero-order chi connectivity index (χ0) is 13.3. The van der Waals surface area contributed by atoms with Crippen molar-refractivity contribution in [1.29, 1.82) is 0 Å². The summed E-state index contributed by atoms with van der Waals surface area (Å²) in [6.07, 6.45) is -0.986. The van der Waals surface area contributed by atoms with Crippen LogP contribution in [0, 0.1) is 0 Å². The van der Waals surface area contributed by atoms with Crippen molar-refractivity contribution in [1.82, 2.24) is 0 Å². The Morgan fingerprint density at radius 2 is 2.22 bits per heavy atom. The number of carbonyl (C=O) groups is 1. The van der Waals surface area contributed by atoms with Crippen molar-refractivity contribution < 1.29 is 28.8 Å². The van der Waals surface area contributed by atoms with Crippen LogP contribution in [0.15, 0.2) is 12.7 Å². The number of Topliss-reactive ketones (excluding diaryl/α,β-unsaturated/α-hetero) is 1. The lowest BCUT2D eigenvalue weighted by molar-refractivity contribution is -0.217. The van der Waals surface area contributed by atoms with Gasteiger partial charge in [-0.2, -0.15) is 0 Å². The lowest BCUT2D eigenvalue weighted by Crippen LogP contribution is -2.41. The lowest BCUT2D eigenvalue weighted by Gasteiger charge is -2.24. The molecule has 2 heterocycles. The minimum Gasteiger partial charge on any atom is -0.388 e. The van der Waals surface area contributed by atoms with Crippen LogP contribution in [0.2, 0.25) is 0 Å². The first-order valence-corrected chi connectivity index (χ1v) is 5.85. The van der Waals surface area contributed by atoms with Crippen molar-refractivity contribution in [3.8, 4) is 0 Å². The highest BCUT2D eigenvalue weighted by Crippen LogP contribution is 2.38. The van der Waals surface area contributed by atoms with E-state index in [0.29, 0.717) is 0 Å². The van der Waals surface area contributed by atoms with E-state index in [1.54, 1.807) is 19.9 Å². The predicted molar refractivity (Wildman–Crippen MR) is 60.7 cm³/mol. The van der Waals surface area contributed by atoms with Crippen LogP contribution < -0.4 is 0 Å². The Morgan fingerprint density at radius 1 is 1.50 bits per heavy atom. The van der Waals surface area contributed by atoms with E-state index in [2.05, 4.69) is 6.58 Å². The highest BCUT2D eigenvalue weighted by molar-refractivity contribution is 5.85. The van der Waals surface area contributed by atoms with E-state index in [4.69, 9.17) is 24.1 Å². The molecular formula is C12H18O6. The summed E-state index contributed by atoms with van der Waals surface area (Å²) in [6.45, 7) is 6.76. The number of hydrogen-bond donors (Lipinski definition) is 1. The molecule has 1 N–H and O–H groups in total. The zero-order valence-corrected chi connectivity index (χ0v) is 10.5. The van der Waals surface area contributed by atoms with Gasteiger partial charge in [0.2, 0.25) is 0 Å². The first kappa shape index (κ1) is 13.6. The minimum atomic E-state index is -0.860. The number of hydrogen-bond acceptors (Lipinski definition) is 6. The van der Waals surface area contributed by atoms with Crippen LogP contribution in [-0.4, -0.2) is 54.5 Å². The number of fused-ring (bicyclic) bond motifs is 1. The maximum absolute atomic E-state index is 11.6. The summed E-state index contributed by atoms with van der Waals surface area (Å²) in [6, 6.07) is 0. The molecule has 2 aliphatic heterocycles. The van der Waals surface area contributed by atoms with Gasteiger partial charge in [0.15, 0.2) is 24.0 Å². The van der Waals surface area contributed by atoms with Gasteiger partial charge >= 0.3 is 0 Å². The van der Waals surface area contributed by atoms with Gasteiger partial charge in [-0.15, -0.1) is 6.58 Å². The SMILES string of the molecule is C=CCO[C@H]1[C@H]2OC(C)(C)O[C@H]2O[C@@H]1C(=O)CO. The van der Waals surface area contributed by atoms with Crippen LogP contribution >= 0.6 is 0 Å². The molecule has 6 nitrogen and oxygen atoms in total. The Hall–Kier alpha value is -0.790. The van der Waals surface area contributed by atoms with Gasteiger partial charge in [0.25, 0.3) is 0 Å². The van der Waals surface area contributed by atoms with Crippen LogP contribution in [0.4, 0.5) is 0 Å². The minimum absolute atomic E-state index is 0.274.